The van der Waals surface area contributed by atoms with Crippen molar-refractivity contribution in [3.8, 4) is 0 Å². The molecule has 0 amide bonds. The smallest absolute Gasteiger partial charge is 0.330 e. The quantitative estimate of drug-likeness (QED) is 0.422. The van der Waals surface area contributed by atoms with Crippen LogP contribution < -0.4 is 0 Å². The molecule has 0 saturated carbocycles. The number of allylic oxidation sites excluding steroid dienone is 2. The van der Waals surface area contributed by atoms with E-state index in [2.05, 4.69) is 16.0 Å². The van der Waals surface area contributed by atoms with Gasteiger partial charge in [-0.05, 0) is 38.7 Å². The van der Waals surface area contributed by atoms with Crippen LogP contribution in [0.1, 0.15) is 37.1 Å². The highest BCUT2D eigenvalue weighted by molar-refractivity contribution is 5.81. The SMILES string of the molecule is COC(=O)/C=C/CCCCC=Cc1cc(C)no1. The fourth-order valence-electron chi connectivity index (χ4n) is 1.43. The van der Waals surface area contributed by atoms with Crippen LogP contribution >= 0.6 is 0 Å². The van der Waals surface area contributed by atoms with Gasteiger partial charge in [0.1, 0.15) is 0 Å². The summed E-state index contributed by atoms with van der Waals surface area (Å²) in [4.78, 5) is 10.8. The Hall–Kier alpha value is -1.84. The van der Waals surface area contributed by atoms with Gasteiger partial charge in [0.05, 0.1) is 12.8 Å². The Morgan fingerprint density at radius 2 is 2.11 bits per heavy atom. The molecule has 0 bridgehead atoms. The van der Waals surface area contributed by atoms with Crippen molar-refractivity contribution in [3.05, 3.63) is 35.7 Å². The van der Waals surface area contributed by atoms with Crippen LogP contribution in [0.15, 0.2) is 28.8 Å². The largest absolute Gasteiger partial charge is 0.466 e. The van der Waals surface area contributed by atoms with Crippen LogP contribution in [0, 0.1) is 6.92 Å². The van der Waals surface area contributed by atoms with Crippen molar-refractivity contribution < 1.29 is 14.1 Å². The van der Waals surface area contributed by atoms with Gasteiger partial charge in [-0.2, -0.15) is 0 Å². The minimum absolute atomic E-state index is 0.296. The number of aryl methyl sites for hydroxylation is 1. The van der Waals surface area contributed by atoms with E-state index in [1.165, 1.54) is 13.2 Å². The molecule has 18 heavy (non-hydrogen) atoms. The third-order valence-electron chi connectivity index (χ3n) is 2.38. The number of nitrogens with zero attached hydrogens (tertiary/aromatic N) is 1. The van der Waals surface area contributed by atoms with Gasteiger partial charge in [-0.3, -0.25) is 0 Å². The number of rotatable bonds is 7. The zero-order chi connectivity index (χ0) is 13.2. The highest BCUT2D eigenvalue weighted by Crippen LogP contribution is 2.07. The van der Waals surface area contributed by atoms with Gasteiger partial charge in [0.25, 0.3) is 0 Å². The first kappa shape index (κ1) is 14.2. The van der Waals surface area contributed by atoms with Crippen LogP contribution in [-0.4, -0.2) is 18.2 Å². The van der Waals surface area contributed by atoms with Crippen molar-refractivity contribution in [1.29, 1.82) is 0 Å². The fraction of sp³-hybridized carbons (Fsp3) is 0.429. The van der Waals surface area contributed by atoms with Crippen molar-refractivity contribution in [3.63, 3.8) is 0 Å². The van der Waals surface area contributed by atoms with E-state index in [-0.39, 0.29) is 5.97 Å². The van der Waals surface area contributed by atoms with Crippen LogP contribution in [0.5, 0.6) is 0 Å². The molecule has 1 rings (SSSR count). The number of esters is 1. The standard InChI is InChI=1S/C14H19NO3/c1-12-11-13(18-15-12)9-7-5-3-4-6-8-10-14(16)17-2/h7-11H,3-6H2,1-2H3/b9-7?,10-8+. The predicted molar refractivity (Wildman–Crippen MR) is 69.9 cm³/mol. The van der Waals surface area contributed by atoms with Crippen LogP contribution in [-0.2, 0) is 9.53 Å². The Balaban J connectivity index is 2.07. The van der Waals surface area contributed by atoms with Gasteiger partial charge in [-0.15, -0.1) is 0 Å². The lowest BCUT2D eigenvalue weighted by atomic mass is 10.1. The van der Waals surface area contributed by atoms with Gasteiger partial charge in [-0.1, -0.05) is 17.3 Å². The first-order valence-electron chi connectivity index (χ1n) is 6.06. The second kappa shape index (κ2) is 8.28. The molecule has 0 N–H and O–H groups in total. The second-order valence-electron chi connectivity index (χ2n) is 3.98. The maximum atomic E-state index is 10.8. The molecule has 0 atom stereocenters. The minimum Gasteiger partial charge on any atom is -0.466 e. The van der Waals surface area contributed by atoms with Crippen molar-refractivity contribution in [2.45, 2.75) is 32.6 Å². The van der Waals surface area contributed by atoms with Crippen molar-refractivity contribution in [1.82, 2.24) is 5.16 Å². The minimum atomic E-state index is -0.296. The Morgan fingerprint density at radius 3 is 2.72 bits per heavy atom. The highest BCUT2D eigenvalue weighted by Gasteiger charge is 1.94. The third-order valence-corrected chi connectivity index (χ3v) is 2.38. The Morgan fingerprint density at radius 1 is 1.39 bits per heavy atom. The van der Waals surface area contributed by atoms with Gasteiger partial charge in [0.2, 0.25) is 0 Å². The molecule has 98 valence electrons. The predicted octanol–water partition coefficient (Wildman–Crippen LogP) is 3.29. The van der Waals surface area contributed by atoms with Gasteiger partial charge < -0.3 is 9.26 Å². The summed E-state index contributed by atoms with van der Waals surface area (Å²) < 4.78 is 9.54. The Kier molecular flexibility index (Phi) is 6.54. The summed E-state index contributed by atoms with van der Waals surface area (Å²) in [7, 11) is 1.38. The molecule has 4 heteroatoms. The molecule has 0 saturated heterocycles. The number of carbonyl (C=O) groups is 1. The molecular formula is C14H19NO3. The summed E-state index contributed by atoms with van der Waals surface area (Å²) in [5.41, 5.74) is 0.891. The average Bonchev–Trinajstić information content (AvgIpc) is 2.78. The van der Waals surface area contributed by atoms with E-state index < -0.39 is 0 Å². The molecule has 0 aromatic carbocycles. The Bertz CT molecular complexity index is 418. The molecule has 0 spiro atoms. The van der Waals surface area contributed by atoms with E-state index in [1.54, 1.807) is 0 Å². The van der Waals surface area contributed by atoms with Gasteiger partial charge in [-0.25, -0.2) is 4.79 Å². The molecule has 0 radical (unpaired) electrons. The number of unbranched alkanes of at least 4 members (excludes halogenated alkanes) is 3. The van der Waals surface area contributed by atoms with Gasteiger partial charge in [0, 0.05) is 12.1 Å². The number of hydrogen-bond donors (Lipinski definition) is 0. The van der Waals surface area contributed by atoms with Crippen LogP contribution in [0.4, 0.5) is 0 Å². The van der Waals surface area contributed by atoms with Crippen LogP contribution in [0.3, 0.4) is 0 Å². The fourth-order valence-corrected chi connectivity index (χ4v) is 1.43. The summed E-state index contributed by atoms with van der Waals surface area (Å²) >= 11 is 0. The van der Waals surface area contributed by atoms with E-state index in [0.717, 1.165) is 37.1 Å². The normalized spacial score (nSPS) is 11.4. The van der Waals surface area contributed by atoms with E-state index in [1.807, 2.05) is 25.1 Å². The number of aromatic nitrogens is 1. The maximum absolute atomic E-state index is 10.8. The molecule has 1 aromatic heterocycles. The molecular weight excluding hydrogens is 230 g/mol. The Labute approximate surface area is 107 Å². The monoisotopic (exact) mass is 249 g/mol. The van der Waals surface area contributed by atoms with E-state index in [0.29, 0.717) is 0 Å². The lowest BCUT2D eigenvalue weighted by Crippen LogP contribution is -1.93. The second-order valence-corrected chi connectivity index (χ2v) is 3.98. The molecule has 0 aliphatic carbocycles. The summed E-state index contributed by atoms with van der Waals surface area (Å²) in [6.07, 6.45) is 11.3. The van der Waals surface area contributed by atoms with Gasteiger partial charge in [0.15, 0.2) is 5.76 Å². The molecule has 1 aromatic rings. The summed E-state index contributed by atoms with van der Waals surface area (Å²) in [6, 6.07) is 1.90. The molecule has 1 heterocycles. The van der Waals surface area contributed by atoms with E-state index in [4.69, 9.17) is 4.52 Å². The van der Waals surface area contributed by atoms with Crippen LogP contribution in [0.2, 0.25) is 0 Å². The van der Waals surface area contributed by atoms with E-state index >= 15 is 0 Å². The van der Waals surface area contributed by atoms with E-state index in [9.17, 15) is 4.79 Å². The lowest BCUT2D eigenvalue weighted by molar-refractivity contribution is -0.134. The molecule has 4 nitrogen and oxygen atoms in total. The molecule has 0 fully saturated rings. The number of methoxy groups -OCH3 is 1. The summed E-state index contributed by atoms with van der Waals surface area (Å²) in [5.74, 6) is 0.494. The lowest BCUT2D eigenvalue weighted by Gasteiger charge is -1.93. The number of carbonyl (C=O) groups excluding carboxylic acids is 1. The van der Waals surface area contributed by atoms with Crippen molar-refractivity contribution >= 4 is 12.0 Å². The topological polar surface area (TPSA) is 52.3 Å². The number of ether oxygens (including phenoxy) is 1. The molecule has 0 aliphatic heterocycles. The summed E-state index contributed by atoms with van der Waals surface area (Å²) in [5, 5.41) is 3.80. The third kappa shape index (κ3) is 6.03. The first-order valence-corrected chi connectivity index (χ1v) is 6.06. The first-order chi connectivity index (χ1) is 8.72. The average molecular weight is 249 g/mol. The van der Waals surface area contributed by atoms with Crippen molar-refractivity contribution in [2.75, 3.05) is 7.11 Å². The molecule has 0 aliphatic rings. The van der Waals surface area contributed by atoms with Crippen LogP contribution in [0.25, 0.3) is 6.08 Å². The number of hydrogen-bond acceptors (Lipinski definition) is 4. The zero-order valence-electron chi connectivity index (χ0n) is 10.9. The summed E-state index contributed by atoms with van der Waals surface area (Å²) in [6.45, 7) is 1.90. The molecule has 0 unspecified atom stereocenters. The zero-order valence-corrected chi connectivity index (χ0v) is 10.9. The van der Waals surface area contributed by atoms with Crippen molar-refractivity contribution in [2.24, 2.45) is 0 Å². The maximum Gasteiger partial charge on any atom is 0.330 e. The van der Waals surface area contributed by atoms with Gasteiger partial charge >= 0.3 is 5.97 Å². The highest BCUT2D eigenvalue weighted by atomic mass is 16.5.